The maximum absolute atomic E-state index is 12.4. The van der Waals surface area contributed by atoms with E-state index in [0.29, 0.717) is 21.3 Å². The zero-order valence-electron chi connectivity index (χ0n) is 15.0. The number of ether oxygens (including phenoxy) is 3. The SMILES string of the molecule is COC(=O)c1ccc(COC(=O)c2sc(-c3ccc(OC)cc3)nc2C)o1. The minimum atomic E-state index is -0.588. The molecule has 0 bridgehead atoms. The lowest BCUT2D eigenvalue weighted by Crippen LogP contribution is -2.04. The number of aryl methyl sites for hydroxylation is 1. The van der Waals surface area contributed by atoms with Gasteiger partial charge in [0.1, 0.15) is 28.0 Å². The maximum atomic E-state index is 12.4. The summed E-state index contributed by atoms with van der Waals surface area (Å²) in [7, 11) is 2.86. The van der Waals surface area contributed by atoms with Gasteiger partial charge in [-0.25, -0.2) is 14.6 Å². The summed E-state index contributed by atoms with van der Waals surface area (Å²) in [6, 6.07) is 10.4. The van der Waals surface area contributed by atoms with Crippen LogP contribution in [0.5, 0.6) is 5.75 Å². The molecule has 2 aromatic heterocycles. The van der Waals surface area contributed by atoms with E-state index in [1.165, 1.54) is 24.5 Å². The molecule has 0 aliphatic heterocycles. The Bertz CT molecular complexity index is 957. The predicted molar refractivity (Wildman–Crippen MR) is 98.0 cm³/mol. The number of thiazole rings is 1. The van der Waals surface area contributed by atoms with Gasteiger partial charge in [-0.1, -0.05) is 0 Å². The first kappa shape index (κ1) is 18.7. The molecule has 1 aromatic carbocycles. The second-order valence-corrected chi connectivity index (χ2v) is 6.49. The summed E-state index contributed by atoms with van der Waals surface area (Å²) >= 11 is 1.25. The molecule has 7 nitrogen and oxygen atoms in total. The zero-order chi connectivity index (χ0) is 19.4. The van der Waals surface area contributed by atoms with E-state index in [0.717, 1.165) is 11.3 Å². The van der Waals surface area contributed by atoms with Crippen LogP contribution in [-0.2, 0) is 16.1 Å². The van der Waals surface area contributed by atoms with Crippen molar-refractivity contribution in [3.63, 3.8) is 0 Å². The highest BCUT2D eigenvalue weighted by atomic mass is 32.1. The Balaban J connectivity index is 1.68. The van der Waals surface area contributed by atoms with Gasteiger partial charge in [-0.15, -0.1) is 11.3 Å². The molecule has 0 unspecified atom stereocenters. The van der Waals surface area contributed by atoms with Crippen molar-refractivity contribution in [2.45, 2.75) is 13.5 Å². The first-order valence-corrected chi connectivity index (χ1v) is 8.79. The van der Waals surface area contributed by atoms with Gasteiger partial charge in [-0.05, 0) is 43.3 Å². The molecule has 0 aliphatic carbocycles. The number of carbonyl (C=O) groups excluding carboxylic acids is 2. The normalized spacial score (nSPS) is 10.5. The van der Waals surface area contributed by atoms with E-state index in [9.17, 15) is 9.59 Å². The predicted octanol–water partition coefficient (Wildman–Crippen LogP) is 3.86. The van der Waals surface area contributed by atoms with Crippen LogP contribution in [0.2, 0.25) is 0 Å². The summed E-state index contributed by atoms with van der Waals surface area (Å²) in [5, 5.41) is 0.716. The third kappa shape index (κ3) is 4.17. The maximum Gasteiger partial charge on any atom is 0.373 e. The molecule has 3 rings (SSSR count). The van der Waals surface area contributed by atoms with Crippen LogP contribution < -0.4 is 4.74 Å². The smallest absolute Gasteiger partial charge is 0.373 e. The standard InChI is InChI=1S/C19H17NO6S/c1-11-16(27-17(20-11)12-4-6-13(23-2)7-5-12)19(22)25-10-14-8-9-15(26-14)18(21)24-3/h4-9H,10H2,1-3H3. The van der Waals surface area contributed by atoms with Crippen molar-refractivity contribution in [2.24, 2.45) is 0 Å². The molecule has 0 spiro atoms. The molecule has 140 valence electrons. The molecule has 0 saturated carbocycles. The first-order chi connectivity index (χ1) is 13.0. The lowest BCUT2D eigenvalue weighted by Gasteiger charge is -2.01. The van der Waals surface area contributed by atoms with Gasteiger partial charge in [0, 0.05) is 5.56 Å². The number of hydrogen-bond acceptors (Lipinski definition) is 8. The number of carbonyl (C=O) groups is 2. The van der Waals surface area contributed by atoms with Crippen LogP contribution in [0.3, 0.4) is 0 Å². The first-order valence-electron chi connectivity index (χ1n) is 7.98. The van der Waals surface area contributed by atoms with Crippen molar-refractivity contribution in [1.82, 2.24) is 4.98 Å². The molecule has 0 atom stereocenters. The van der Waals surface area contributed by atoms with Crippen LogP contribution in [0, 0.1) is 6.92 Å². The number of aromatic nitrogens is 1. The molecular formula is C19H17NO6S. The fraction of sp³-hybridized carbons (Fsp3) is 0.211. The number of esters is 2. The van der Waals surface area contributed by atoms with Crippen molar-refractivity contribution in [3.8, 4) is 16.3 Å². The van der Waals surface area contributed by atoms with Crippen LogP contribution >= 0.6 is 11.3 Å². The van der Waals surface area contributed by atoms with Gasteiger partial charge in [0.15, 0.2) is 0 Å². The second-order valence-electron chi connectivity index (χ2n) is 5.50. The summed E-state index contributed by atoms with van der Waals surface area (Å²) in [5.41, 5.74) is 1.47. The van der Waals surface area contributed by atoms with E-state index < -0.39 is 11.9 Å². The van der Waals surface area contributed by atoms with Crippen molar-refractivity contribution in [3.05, 3.63) is 58.5 Å². The molecule has 2 heterocycles. The monoisotopic (exact) mass is 387 g/mol. The van der Waals surface area contributed by atoms with Gasteiger partial charge in [0.2, 0.25) is 5.76 Å². The minimum absolute atomic E-state index is 0.0549. The van der Waals surface area contributed by atoms with Crippen LogP contribution in [0.25, 0.3) is 10.6 Å². The molecule has 0 radical (unpaired) electrons. The molecule has 0 saturated heterocycles. The van der Waals surface area contributed by atoms with Crippen molar-refractivity contribution in [2.75, 3.05) is 14.2 Å². The Morgan fingerprint density at radius 1 is 1.07 bits per heavy atom. The third-order valence-electron chi connectivity index (χ3n) is 3.71. The Morgan fingerprint density at radius 3 is 2.48 bits per heavy atom. The van der Waals surface area contributed by atoms with E-state index >= 15 is 0 Å². The lowest BCUT2D eigenvalue weighted by molar-refractivity contribution is 0.0443. The highest BCUT2D eigenvalue weighted by Gasteiger charge is 2.19. The second kappa shape index (κ2) is 8.05. The lowest BCUT2D eigenvalue weighted by atomic mass is 10.2. The van der Waals surface area contributed by atoms with E-state index in [-0.39, 0.29) is 12.4 Å². The summed E-state index contributed by atoms with van der Waals surface area (Å²) in [6.45, 7) is 1.66. The van der Waals surface area contributed by atoms with Crippen LogP contribution in [0.1, 0.15) is 31.7 Å². The molecule has 0 aliphatic rings. The quantitative estimate of drug-likeness (QED) is 0.593. The fourth-order valence-electron chi connectivity index (χ4n) is 2.31. The number of nitrogens with zero attached hydrogens (tertiary/aromatic N) is 1. The summed E-state index contributed by atoms with van der Waals surface area (Å²) < 4.78 is 20.3. The summed E-state index contributed by atoms with van der Waals surface area (Å²) in [5.74, 6) is 0.0628. The molecular weight excluding hydrogens is 370 g/mol. The van der Waals surface area contributed by atoms with E-state index in [1.807, 2.05) is 24.3 Å². The highest BCUT2D eigenvalue weighted by molar-refractivity contribution is 7.17. The molecule has 0 fully saturated rings. The van der Waals surface area contributed by atoms with Crippen molar-refractivity contribution >= 4 is 23.3 Å². The third-order valence-corrected chi connectivity index (χ3v) is 4.90. The van der Waals surface area contributed by atoms with Gasteiger partial charge in [0.05, 0.1) is 19.9 Å². The Labute approximate surface area is 159 Å². The largest absolute Gasteiger partial charge is 0.497 e. The number of hydrogen-bond donors (Lipinski definition) is 0. The van der Waals surface area contributed by atoms with Gasteiger partial charge >= 0.3 is 11.9 Å². The molecule has 8 heteroatoms. The minimum Gasteiger partial charge on any atom is -0.497 e. The van der Waals surface area contributed by atoms with Crippen molar-refractivity contribution < 1.29 is 28.2 Å². The molecule has 3 aromatic rings. The molecule has 0 N–H and O–H groups in total. The van der Waals surface area contributed by atoms with E-state index in [2.05, 4.69) is 9.72 Å². The number of methoxy groups -OCH3 is 2. The number of furan rings is 1. The van der Waals surface area contributed by atoms with Gasteiger partial charge in [-0.2, -0.15) is 0 Å². The molecule has 0 amide bonds. The summed E-state index contributed by atoms with van der Waals surface area (Å²) in [6.07, 6.45) is 0. The van der Waals surface area contributed by atoms with Crippen LogP contribution in [0.15, 0.2) is 40.8 Å². The topological polar surface area (TPSA) is 87.9 Å². The average Bonchev–Trinajstić information content (AvgIpc) is 3.32. The Hall–Kier alpha value is -3.13. The van der Waals surface area contributed by atoms with Crippen LogP contribution in [0.4, 0.5) is 0 Å². The van der Waals surface area contributed by atoms with Crippen LogP contribution in [-0.4, -0.2) is 31.1 Å². The summed E-state index contributed by atoms with van der Waals surface area (Å²) in [4.78, 5) is 28.6. The highest BCUT2D eigenvalue weighted by Crippen LogP contribution is 2.29. The van der Waals surface area contributed by atoms with Gasteiger partial charge in [-0.3, -0.25) is 0 Å². The molecule has 27 heavy (non-hydrogen) atoms. The fourth-order valence-corrected chi connectivity index (χ4v) is 3.28. The Kier molecular flexibility index (Phi) is 5.56. The number of benzene rings is 1. The number of rotatable bonds is 6. The van der Waals surface area contributed by atoms with E-state index in [4.69, 9.17) is 13.9 Å². The van der Waals surface area contributed by atoms with Crippen molar-refractivity contribution in [1.29, 1.82) is 0 Å². The van der Waals surface area contributed by atoms with E-state index in [1.54, 1.807) is 20.1 Å². The zero-order valence-corrected chi connectivity index (χ0v) is 15.8. The van der Waals surface area contributed by atoms with Gasteiger partial charge in [0.25, 0.3) is 0 Å². The van der Waals surface area contributed by atoms with Gasteiger partial charge < -0.3 is 18.6 Å². The average molecular weight is 387 g/mol. The Morgan fingerprint density at radius 2 is 1.81 bits per heavy atom.